The van der Waals surface area contributed by atoms with Crippen LogP contribution < -0.4 is 0 Å². The summed E-state index contributed by atoms with van der Waals surface area (Å²) >= 11 is 0. The molecule has 3 heterocycles. The average Bonchev–Trinajstić information content (AvgIpc) is 2.83. The Kier molecular flexibility index (Phi) is 3.78. The predicted molar refractivity (Wildman–Crippen MR) is 123 cm³/mol. The maximum absolute atomic E-state index is 4.99. The second-order valence-electron chi connectivity index (χ2n) is 7.34. The van der Waals surface area contributed by atoms with Crippen molar-refractivity contribution in [1.82, 2.24) is 15.0 Å². The molecule has 0 amide bonds. The van der Waals surface area contributed by atoms with E-state index in [9.17, 15) is 0 Å². The van der Waals surface area contributed by atoms with Crippen molar-refractivity contribution in [3.63, 3.8) is 0 Å². The van der Waals surface area contributed by atoms with E-state index in [-0.39, 0.29) is 0 Å². The zero-order chi connectivity index (χ0) is 19.9. The van der Waals surface area contributed by atoms with Gasteiger partial charge in [0.25, 0.3) is 0 Å². The molecule has 3 aromatic heterocycles. The molecular weight excluding hydrogens is 366 g/mol. The standard InChI is InChI=1S/C27H17N3/c1-3-9-20-18(7-1)12-15-25-27(20)21(17-26(30-25)24-11-5-6-16-28-24)23-14-13-19-8-2-4-10-22(19)29-23/h1-17H. The summed E-state index contributed by atoms with van der Waals surface area (Å²) in [5, 5.41) is 4.63. The summed E-state index contributed by atoms with van der Waals surface area (Å²) in [7, 11) is 0. The van der Waals surface area contributed by atoms with Gasteiger partial charge in [-0.1, -0.05) is 60.7 Å². The average molecular weight is 383 g/mol. The van der Waals surface area contributed by atoms with E-state index in [0.717, 1.165) is 44.5 Å². The number of fused-ring (bicyclic) bond motifs is 4. The van der Waals surface area contributed by atoms with Crippen LogP contribution in [-0.4, -0.2) is 15.0 Å². The molecule has 0 N–H and O–H groups in total. The number of hydrogen-bond donors (Lipinski definition) is 0. The Morgan fingerprint density at radius 3 is 2.17 bits per heavy atom. The molecule has 3 aromatic carbocycles. The topological polar surface area (TPSA) is 38.7 Å². The molecule has 3 heteroatoms. The van der Waals surface area contributed by atoms with Gasteiger partial charge >= 0.3 is 0 Å². The molecule has 0 aliphatic rings. The molecule has 3 nitrogen and oxygen atoms in total. The van der Waals surface area contributed by atoms with Crippen molar-refractivity contribution in [3.05, 3.63) is 103 Å². The molecule has 0 atom stereocenters. The Hall–Kier alpha value is -4.11. The highest BCUT2D eigenvalue weighted by atomic mass is 14.8. The number of para-hydroxylation sites is 1. The Labute approximate surface area is 173 Å². The summed E-state index contributed by atoms with van der Waals surface area (Å²) in [6.45, 7) is 0. The largest absolute Gasteiger partial charge is 0.255 e. The molecule has 6 rings (SSSR count). The van der Waals surface area contributed by atoms with Gasteiger partial charge in [0.15, 0.2) is 0 Å². The Morgan fingerprint density at radius 1 is 0.500 bits per heavy atom. The van der Waals surface area contributed by atoms with Crippen molar-refractivity contribution in [3.8, 4) is 22.6 Å². The van der Waals surface area contributed by atoms with Crippen molar-refractivity contribution in [1.29, 1.82) is 0 Å². The highest BCUT2D eigenvalue weighted by Crippen LogP contribution is 2.36. The summed E-state index contributed by atoms with van der Waals surface area (Å²) in [5.74, 6) is 0. The lowest BCUT2D eigenvalue weighted by atomic mass is 9.97. The molecular formula is C27H17N3. The summed E-state index contributed by atoms with van der Waals surface area (Å²) < 4.78 is 0. The summed E-state index contributed by atoms with van der Waals surface area (Å²) in [4.78, 5) is 14.5. The number of benzene rings is 3. The van der Waals surface area contributed by atoms with E-state index in [4.69, 9.17) is 9.97 Å². The van der Waals surface area contributed by atoms with E-state index < -0.39 is 0 Å². The van der Waals surface area contributed by atoms with Crippen LogP contribution >= 0.6 is 0 Å². The summed E-state index contributed by atoms with van der Waals surface area (Å²) in [6, 6.07) is 33.1. The molecule has 6 aromatic rings. The molecule has 140 valence electrons. The second-order valence-corrected chi connectivity index (χ2v) is 7.34. The fourth-order valence-corrected chi connectivity index (χ4v) is 4.07. The number of pyridine rings is 3. The third kappa shape index (κ3) is 2.72. The molecule has 0 aliphatic carbocycles. The third-order valence-electron chi connectivity index (χ3n) is 5.50. The van der Waals surface area contributed by atoms with Crippen molar-refractivity contribution in [2.75, 3.05) is 0 Å². The van der Waals surface area contributed by atoms with Gasteiger partial charge < -0.3 is 0 Å². The Bertz CT molecular complexity index is 1540. The van der Waals surface area contributed by atoms with Gasteiger partial charge in [-0.05, 0) is 47.2 Å². The normalized spacial score (nSPS) is 11.3. The minimum Gasteiger partial charge on any atom is -0.255 e. The van der Waals surface area contributed by atoms with E-state index in [2.05, 4.69) is 71.7 Å². The fourth-order valence-electron chi connectivity index (χ4n) is 4.07. The molecule has 0 aliphatic heterocycles. The highest BCUT2D eigenvalue weighted by molar-refractivity contribution is 6.13. The zero-order valence-electron chi connectivity index (χ0n) is 16.2. The monoisotopic (exact) mass is 383 g/mol. The number of hydrogen-bond acceptors (Lipinski definition) is 3. The van der Waals surface area contributed by atoms with Crippen molar-refractivity contribution < 1.29 is 0 Å². The number of aromatic nitrogens is 3. The minimum atomic E-state index is 0.850. The van der Waals surface area contributed by atoms with Crippen LogP contribution in [0.3, 0.4) is 0 Å². The van der Waals surface area contributed by atoms with E-state index >= 15 is 0 Å². The second kappa shape index (κ2) is 6.75. The molecule has 0 spiro atoms. The summed E-state index contributed by atoms with van der Waals surface area (Å²) in [5.41, 5.74) is 5.65. The number of nitrogens with zero attached hydrogens (tertiary/aromatic N) is 3. The van der Waals surface area contributed by atoms with Gasteiger partial charge in [0, 0.05) is 22.5 Å². The van der Waals surface area contributed by atoms with Gasteiger partial charge in [0.1, 0.15) is 0 Å². The molecule has 0 fully saturated rings. The first-order chi connectivity index (χ1) is 14.9. The summed E-state index contributed by atoms with van der Waals surface area (Å²) in [6.07, 6.45) is 1.80. The van der Waals surface area contributed by atoms with E-state index in [1.807, 2.05) is 30.3 Å². The van der Waals surface area contributed by atoms with Crippen LogP contribution in [0.2, 0.25) is 0 Å². The lowest BCUT2D eigenvalue weighted by Crippen LogP contribution is -1.94. The van der Waals surface area contributed by atoms with Gasteiger partial charge in [-0.15, -0.1) is 0 Å². The van der Waals surface area contributed by atoms with Crippen molar-refractivity contribution in [2.24, 2.45) is 0 Å². The molecule has 0 saturated heterocycles. The first kappa shape index (κ1) is 16.8. The SMILES string of the molecule is c1ccc(-c2cc(-c3ccc4ccccc4n3)c3c(ccc4ccccc43)n2)nc1. The van der Waals surface area contributed by atoms with E-state index in [1.165, 1.54) is 10.8 Å². The lowest BCUT2D eigenvalue weighted by molar-refractivity contribution is 1.27. The lowest BCUT2D eigenvalue weighted by Gasteiger charge is -2.12. The van der Waals surface area contributed by atoms with Crippen LogP contribution in [-0.2, 0) is 0 Å². The first-order valence-electron chi connectivity index (χ1n) is 9.97. The number of rotatable bonds is 2. The van der Waals surface area contributed by atoms with Crippen LogP contribution in [0, 0.1) is 0 Å². The third-order valence-corrected chi connectivity index (χ3v) is 5.50. The Morgan fingerprint density at radius 2 is 1.27 bits per heavy atom. The molecule has 0 radical (unpaired) electrons. The van der Waals surface area contributed by atoms with E-state index in [0.29, 0.717) is 0 Å². The van der Waals surface area contributed by atoms with Gasteiger partial charge in [-0.25, -0.2) is 9.97 Å². The van der Waals surface area contributed by atoms with Gasteiger partial charge in [0.2, 0.25) is 0 Å². The van der Waals surface area contributed by atoms with Crippen molar-refractivity contribution in [2.45, 2.75) is 0 Å². The van der Waals surface area contributed by atoms with Crippen LogP contribution in [0.25, 0.3) is 55.2 Å². The Balaban J connectivity index is 1.73. The molecule has 30 heavy (non-hydrogen) atoms. The minimum absolute atomic E-state index is 0.850. The predicted octanol–water partition coefficient (Wildman–Crippen LogP) is 6.67. The van der Waals surface area contributed by atoms with Crippen LogP contribution in [0.1, 0.15) is 0 Å². The van der Waals surface area contributed by atoms with Gasteiger partial charge in [0.05, 0.1) is 28.1 Å². The van der Waals surface area contributed by atoms with Crippen LogP contribution in [0.4, 0.5) is 0 Å². The molecule has 0 saturated carbocycles. The van der Waals surface area contributed by atoms with Gasteiger partial charge in [-0.2, -0.15) is 0 Å². The molecule has 0 unspecified atom stereocenters. The maximum Gasteiger partial charge on any atom is 0.0900 e. The quantitative estimate of drug-likeness (QED) is 0.314. The fraction of sp³-hybridized carbons (Fsp3) is 0. The van der Waals surface area contributed by atoms with E-state index in [1.54, 1.807) is 6.20 Å². The first-order valence-corrected chi connectivity index (χ1v) is 9.97. The van der Waals surface area contributed by atoms with Crippen molar-refractivity contribution >= 4 is 32.6 Å². The molecule has 0 bridgehead atoms. The smallest absolute Gasteiger partial charge is 0.0900 e. The van der Waals surface area contributed by atoms with Crippen LogP contribution in [0.5, 0.6) is 0 Å². The maximum atomic E-state index is 4.99. The van der Waals surface area contributed by atoms with Crippen LogP contribution in [0.15, 0.2) is 103 Å². The zero-order valence-corrected chi connectivity index (χ0v) is 16.2. The van der Waals surface area contributed by atoms with Gasteiger partial charge in [-0.3, -0.25) is 4.98 Å². The highest BCUT2D eigenvalue weighted by Gasteiger charge is 2.14.